The molecule has 1 amide bonds. The molecule has 2 heterocycles. The molecular weight excluding hydrogens is 241 g/mol. The van der Waals surface area contributed by atoms with Gasteiger partial charge >= 0.3 is 10.2 Å². The van der Waals surface area contributed by atoms with E-state index in [2.05, 4.69) is 15.5 Å². The van der Waals surface area contributed by atoms with Crippen LogP contribution in [0.4, 0.5) is 9.83 Å². The summed E-state index contributed by atoms with van der Waals surface area (Å²) in [6.45, 7) is -0.258. The van der Waals surface area contributed by atoms with Crippen molar-refractivity contribution in [2.75, 3.05) is 11.4 Å². The van der Waals surface area contributed by atoms with Crippen molar-refractivity contribution in [3.63, 3.8) is 0 Å². The molecule has 8 nitrogen and oxygen atoms in total. The SMILES string of the molecule is Cn1nnnc1N1CC(S(=O)(=O)F)CC1=O. The van der Waals surface area contributed by atoms with E-state index in [0.717, 1.165) is 4.90 Å². The Morgan fingerprint density at radius 2 is 2.19 bits per heavy atom. The molecule has 1 saturated heterocycles. The van der Waals surface area contributed by atoms with Gasteiger partial charge in [-0.15, -0.1) is 3.89 Å². The summed E-state index contributed by atoms with van der Waals surface area (Å²) in [4.78, 5) is 12.5. The van der Waals surface area contributed by atoms with Crippen LogP contribution in [0.15, 0.2) is 0 Å². The van der Waals surface area contributed by atoms with Gasteiger partial charge in [0.05, 0.1) is 0 Å². The predicted molar refractivity (Wildman–Crippen MR) is 49.6 cm³/mol. The lowest BCUT2D eigenvalue weighted by Gasteiger charge is -2.12. The first-order valence-electron chi connectivity index (χ1n) is 4.36. The topological polar surface area (TPSA) is 98.1 Å². The molecule has 0 bridgehead atoms. The van der Waals surface area contributed by atoms with Crippen LogP contribution in [0.5, 0.6) is 0 Å². The fourth-order valence-electron chi connectivity index (χ4n) is 1.51. The molecular formula is C6H8FN5O3S. The van der Waals surface area contributed by atoms with Gasteiger partial charge in [-0.3, -0.25) is 9.69 Å². The van der Waals surface area contributed by atoms with Crippen molar-refractivity contribution in [2.45, 2.75) is 11.7 Å². The maximum Gasteiger partial charge on any atom is 0.307 e. The van der Waals surface area contributed by atoms with Gasteiger partial charge in [0.2, 0.25) is 5.91 Å². The minimum atomic E-state index is -4.71. The molecule has 10 heteroatoms. The lowest BCUT2D eigenvalue weighted by atomic mass is 10.4. The van der Waals surface area contributed by atoms with E-state index < -0.39 is 21.4 Å². The highest BCUT2D eigenvalue weighted by Gasteiger charge is 2.40. The quantitative estimate of drug-likeness (QED) is 0.599. The molecule has 0 aromatic carbocycles. The number of carbonyl (C=O) groups is 1. The first-order valence-corrected chi connectivity index (χ1v) is 5.80. The fourth-order valence-corrected chi connectivity index (χ4v) is 2.18. The third kappa shape index (κ3) is 1.75. The zero-order chi connectivity index (χ0) is 11.9. The standard InChI is InChI=1S/C6H8FN5O3S/c1-11-6(8-9-10-11)12-3-4(2-5(12)13)16(7,14)15/h4H,2-3H2,1H3. The van der Waals surface area contributed by atoms with Crippen LogP contribution in [-0.4, -0.2) is 46.3 Å². The molecule has 0 radical (unpaired) electrons. The number of halogens is 1. The molecule has 2 rings (SSSR count). The number of hydrogen-bond acceptors (Lipinski definition) is 6. The van der Waals surface area contributed by atoms with Crippen LogP contribution in [0.2, 0.25) is 0 Å². The van der Waals surface area contributed by atoms with Crippen LogP contribution in [-0.2, 0) is 22.1 Å². The molecule has 0 saturated carbocycles. The van der Waals surface area contributed by atoms with E-state index in [-0.39, 0.29) is 18.9 Å². The highest BCUT2D eigenvalue weighted by atomic mass is 32.3. The summed E-state index contributed by atoms with van der Waals surface area (Å²) in [5, 5.41) is 9.03. The number of carbonyl (C=O) groups excluding carboxylic acids is 1. The fraction of sp³-hybridized carbons (Fsp3) is 0.667. The van der Waals surface area contributed by atoms with Gasteiger partial charge in [0, 0.05) is 20.0 Å². The van der Waals surface area contributed by atoms with Crippen LogP contribution in [0.1, 0.15) is 6.42 Å². The number of nitrogens with zero attached hydrogens (tertiary/aromatic N) is 5. The number of hydrogen-bond donors (Lipinski definition) is 0. The maximum absolute atomic E-state index is 12.7. The molecule has 0 aliphatic carbocycles. The highest BCUT2D eigenvalue weighted by molar-refractivity contribution is 7.87. The first kappa shape index (κ1) is 10.9. The summed E-state index contributed by atoms with van der Waals surface area (Å²) in [6.07, 6.45) is -0.383. The molecule has 0 N–H and O–H groups in total. The molecule has 88 valence electrons. The summed E-state index contributed by atoms with van der Waals surface area (Å²) >= 11 is 0. The molecule has 1 unspecified atom stereocenters. The second-order valence-electron chi connectivity index (χ2n) is 3.41. The largest absolute Gasteiger partial charge is 0.307 e. The van der Waals surface area contributed by atoms with E-state index in [4.69, 9.17) is 0 Å². The second-order valence-corrected chi connectivity index (χ2v) is 5.03. The van der Waals surface area contributed by atoms with Crippen LogP contribution >= 0.6 is 0 Å². The van der Waals surface area contributed by atoms with Gasteiger partial charge < -0.3 is 0 Å². The van der Waals surface area contributed by atoms with Crippen LogP contribution < -0.4 is 4.90 Å². The molecule has 1 fully saturated rings. The average molecular weight is 249 g/mol. The normalized spacial score (nSPS) is 21.8. The number of amides is 1. The van der Waals surface area contributed by atoms with Gasteiger partial charge in [0.1, 0.15) is 5.25 Å². The monoisotopic (exact) mass is 249 g/mol. The van der Waals surface area contributed by atoms with Crippen LogP contribution in [0, 0.1) is 0 Å². The van der Waals surface area contributed by atoms with E-state index in [9.17, 15) is 17.1 Å². The third-order valence-electron chi connectivity index (χ3n) is 2.33. The van der Waals surface area contributed by atoms with Crippen molar-refractivity contribution in [1.29, 1.82) is 0 Å². The molecule has 1 aliphatic rings. The Morgan fingerprint density at radius 3 is 2.62 bits per heavy atom. The third-order valence-corrected chi connectivity index (χ3v) is 3.44. The van der Waals surface area contributed by atoms with E-state index in [1.54, 1.807) is 0 Å². The predicted octanol–water partition coefficient (Wildman–Crippen LogP) is -1.39. The van der Waals surface area contributed by atoms with E-state index in [0.29, 0.717) is 0 Å². The van der Waals surface area contributed by atoms with Crippen molar-refractivity contribution in [2.24, 2.45) is 7.05 Å². The average Bonchev–Trinajstić information content (AvgIpc) is 2.70. The number of tetrazole rings is 1. The Balaban J connectivity index is 2.28. The smallest absolute Gasteiger partial charge is 0.278 e. The Hall–Kier alpha value is -1.58. The Kier molecular flexibility index (Phi) is 2.37. The van der Waals surface area contributed by atoms with Gasteiger partial charge in [-0.25, -0.2) is 4.68 Å². The van der Waals surface area contributed by atoms with Crippen LogP contribution in [0.25, 0.3) is 0 Å². The number of aromatic nitrogens is 4. The van der Waals surface area contributed by atoms with Gasteiger partial charge in [0.25, 0.3) is 5.95 Å². The minimum Gasteiger partial charge on any atom is -0.278 e. The first-order chi connectivity index (χ1) is 7.39. The maximum atomic E-state index is 12.7. The van der Waals surface area contributed by atoms with Crippen LogP contribution in [0.3, 0.4) is 0 Å². The molecule has 0 spiro atoms. The lowest BCUT2D eigenvalue weighted by Crippen LogP contribution is -2.29. The molecule has 16 heavy (non-hydrogen) atoms. The summed E-state index contributed by atoms with van der Waals surface area (Å²) in [5.41, 5.74) is 0. The number of anilines is 1. The van der Waals surface area contributed by atoms with E-state index in [1.807, 2.05) is 0 Å². The van der Waals surface area contributed by atoms with Crippen molar-refractivity contribution in [1.82, 2.24) is 20.2 Å². The van der Waals surface area contributed by atoms with Gasteiger partial charge in [0.15, 0.2) is 0 Å². The van der Waals surface area contributed by atoms with Gasteiger partial charge in [-0.1, -0.05) is 5.10 Å². The minimum absolute atomic E-state index is 0.108. The molecule has 1 aromatic heterocycles. The second kappa shape index (κ2) is 3.47. The summed E-state index contributed by atoms with van der Waals surface area (Å²) < 4.78 is 35.3. The van der Waals surface area contributed by atoms with Gasteiger partial charge in [-0.05, 0) is 10.4 Å². The Labute approximate surface area is 90.2 Å². The van der Waals surface area contributed by atoms with Crippen molar-refractivity contribution in [3.05, 3.63) is 0 Å². The number of rotatable bonds is 2. The zero-order valence-electron chi connectivity index (χ0n) is 8.24. The summed E-state index contributed by atoms with van der Waals surface area (Å²) in [6, 6.07) is 0. The van der Waals surface area contributed by atoms with Gasteiger partial charge in [-0.2, -0.15) is 8.42 Å². The Morgan fingerprint density at radius 1 is 1.50 bits per heavy atom. The van der Waals surface area contributed by atoms with Crippen molar-refractivity contribution in [3.8, 4) is 0 Å². The van der Waals surface area contributed by atoms with E-state index in [1.165, 1.54) is 11.7 Å². The van der Waals surface area contributed by atoms with Crippen molar-refractivity contribution < 1.29 is 17.1 Å². The molecule has 1 aliphatic heterocycles. The summed E-state index contributed by atoms with van der Waals surface area (Å²) in [5.74, 6) is -0.403. The van der Waals surface area contributed by atoms with Crippen molar-refractivity contribution >= 4 is 22.1 Å². The molecule has 1 aromatic rings. The molecule has 1 atom stereocenters. The Bertz CT molecular complexity index is 526. The number of aryl methyl sites for hydroxylation is 1. The lowest BCUT2D eigenvalue weighted by molar-refractivity contribution is -0.117. The highest BCUT2D eigenvalue weighted by Crippen LogP contribution is 2.23. The zero-order valence-corrected chi connectivity index (χ0v) is 9.06. The van der Waals surface area contributed by atoms with E-state index >= 15 is 0 Å². The summed E-state index contributed by atoms with van der Waals surface area (Å²) in [7, 11) is -3.21.